The predicted octanol–water partition coefficient (Wildman–Crippen LogP) is 4.18. The van der Waals surface area contributed by atoms with E-state index in [1.807, 2.05) is 46.1 Å². The number of fused-ring (bicyclic) bond motifs is 1. The Bertz CT molecular complexity index is 799. The number of rotatable bonds is 4. The average Bonchev–Trinajstić information content (AvgIpc) is 2.94. The maximum Gasteiger partial charge on any atom is 0.410 e. The van der Waals surface area contributed by atoms with E-state index < -0.39 is 5.60 Å². The van der Waals surface area contributed by atoms with Gasteiger partial charge in [-0.15, -0.1) is 0 Å². The van der Waals surface area contributed by atoms with Gasteiger partial charge in [0.1, 0.15) is 11.2 Å². The number of carbonyl (C=O) groups is 1. The van der Waals surface area contributed by atoms with Crippen molar-refractivity contribution < 1.29 is 9.53 Å². The highest BCUT2D eigenvalue weighted by Crippen LogP contribution is 2.21. The summed E-state index contributed by atoms with van der Waals surface area (Å²) in [4.78, 5) is 21.1. The van der Waals surface area contributed by atoms with E-state index in [1.54, 1.807) is 4.90 Å². The number of nitrogens with zero attached hydrogens (tertiary/aromatic N) is 4. The molecule has 7 heteroatoms. The number of amides is 1. The molecule has 1 unspecified atom stereocenters. The van der Waals surface area contributed by atoms with Crippen molar-refractivity contribution in [1.82, 2.24) is 19.2 Å². The minimum Gasteiger partial charge on any atom is -0.444 e. The number of ether oxygens (including phenoxy) is 1. The largest absolute Gasteiger partial charge is 0.444 e. The molecule has 0 bridgehead atoms. The number of likely N-dealkylation sites (tertiary alicyclic amines) is 1. The van der Waals surface area contributed by atoms with Crippen molar-refractivity contribution in [3.63, 3.8) is 0 Å². The van der Waals surface area contributed by atoms with Crippen LogP contribution in [0, 0.1) is 5.92 Å². The first-order valence-corrected chi connectivity index (χ1v) is 10.3. The number of hydrogen-bond donors (Lipinski definition) is 0. The molecule has 2 aromatic heterocycles. The van der Waals surface area contributed by atoms with E-state index in [0.29, 0.717) is 5.92 Å². The Morgan fingerprint density at radius 1 is 1.37 bits per heavy atom. The lowest BCUT2D eigenvalue weighted by molar-refractivity contribution is 0.0241. The Morgan fingerprint density at radius 3 is 2.89 bits per heavy atom. The van der Waals surface area contributed by atoms with Gasteiger partial charge < -0.3 is 14.0 Å². The Morgan fingerprint density at radius 2 is 2.15 bits per heavy atom. The Balaban J connectivity index is 1.56. The van der Waals surface area contributed by atoms with Crippen LogP contribution in [0.1, 0.15) is 39.3 Å². The van der Waals surface area contributed by atoms with Gasteiger partial charge in [-0.05, 0) is 74.1 Å². The zero-order valence-electron chi connectivity index (χ0n) is 16.6. The minimum atomic E-state index is -0.456. The molecule has 1 amide bonds. The van der Waals surface area contributed by atoms with E-state index in [1.165, 1.54) is 0 Å². The minimum absolute atomic E-state index is 0.245. The molecule has 0 saturated carbocycles. The van der Waals surface area contributed by atoms with E-state index in [4.69, 9.17) is 9.72 Å². The van der Waals surface area contributed by atoms with Crippen LogP contribution in [0.5, 0.6) is 0 Å². The van der Waals surface area contributed by atoms with Crippen LogP contribution in [0.2, 0.25) is 0 Å². The van der Waals surface area contributed by atoms with Crippen molar-refractivity contribution >= 4 is 27.7 Å². The molecule has 0 spiro atoms. The second kappa shape index (κ2) is 8.19. The van der Waals surface area contributed by atoms with Crippen molar-refractivity contribution in [2.24, 2.45) is 5.92 Å². The molecule has 1 saturated heterocycles. The maximum atomic E-state index is 12.2. The fourth-order valence-electron chi connectivity index (χ4n) is 3.57. The summed E-state index contributed by atoms with van der Waals surface area (Å²) in [5, 5.41) is 0. The second-order valence-electron chi connectivity index (χ2n) is 8.45. The molecule has 2 aromatic rings. The Labute approximate surface area is 169 Å². The molecule has 1 aliphatic rings. The summed E-state index contributed by atoms with van der Waals surface area (Å²) in [6.45, 7) is 9.31. The molecule has 1 aliphatic heterocycles. The molecule has 1 atom stereocenters. The van der Waals surface area contributed by atoms with Crippen LogP contribution in [0.25, 0.3) is 5.65 Å². The van der Waals surface area contributed by atoms with Gasteiger partial charge in [0.2, 0.25) is 0 Å². The third-order valence-electron chi connectivity index (χ3n) is 4.69. The van der Waals surface area contributed by atoms with Crippen LogP contribution >= 0.6 is 15.9 Å². The van der Waals surface area contributed by atoms with Gasteiger partial charge in [0.25, 0.3) is 0 Å². The zero-order chi connectivity index (χ0) is 19.6. The Kier molecular flexibility index (Phi) is 6.11. The molecule has 0 N–H and O–H groups in total. The second-order valence-corrected chi connectivity index (χ2v) is 9.36. The van der Waals surface area contributed by atoms with Crippen molar-refractivity contribution in [1.29, 1.82) is 0 Å². The number of piperidine rings is 1. The summed E-state index contributed by atoms with van der Waals surface area (Å²) in [7, 11) is 1.83. The van der Waals surface area contributed by atoms with E-state index in [9.17, 15) is 4.79 Å². The monoisotopic (exact) mass is 436 g/mol. The Hall–Kier alpha value is -1.60. The molecular formula is C20H29BrN4O2. The number of pyridine rings is 1. The molecule has 3 heterocycles. The van der Waals surface area contributed by atoms with Crippen LogP contribution < -0.4 is 0 Å². The summed E-state index contributed by atoms with van der Waals surface area (Å²) >= 11 is 3.50. The van der Waals surface area contributed by atoms with Gasteiger partial charge in [0.05, 0.1) is 5.69 Å². The van der Waals surface area contributed by atoms with Crippen LogP contribution in [0.15, 0.2) is 29.0 Å². The smallest absolute Gasteiger partial charge is 0.410 e. The first-order valence-electron chi connectivity index (χ1n) is 9.49. The van der Waals surface area contributed by atoms with E-state index in [0.717, 1.165) is 54.8 Å². The lowest BCUT2D eigenvalue weighted by Crippen LogP contribution is -2.42. The normalized spacial score (nSPS) is 18.6. The first-order chi connectivity index (χ1) is 12.7. The molecule has 0 radical (unpaired) electrons. The quantitative estimate of drug-likeness (QED) is 0.721. The van der Waals surface area contributed by atoms with Crippen molar-refractivity contribution in [2.45, 2.75) is 45.8 Å². The summed E-state index contributed by atoms with van der Waals surface area (Å²) in [5.74, 6) is 0.461. The van der Waals surface area contributed by atoms with Gasteiger partial charge >= 0.3 is 6.09 Å². The van der Waals surface area contributed by atoms with Gasteiger partial charge in [-0.3, -0.25) is 4.90 Å². The summed E-state index contributed by atoms with van der Waals surface area (Å²) in [6.07, 6.45) is 6.16. The molecule has 6 nitrogen and oxygen atoms in total. The number of aromatic nitrogens is 2. The fourth-order valence-corrected chi connectivity index (χ4v) is 3.92. The standard InChI is InChI=1S/C20H29BrN4O2/c1-20(2,3)27-19(26)23(4)10-15-6-5-9-24(11-15)13-17-14-25-12-16(21)7-8-18(25)22-17/h7-8,12,14-15H,5-6,9-11,13H2,1-4H3. The molecule has 3 rings (SSSR count). The van der Waals surface area contributed by atoms with Gasteiger partial charge in [-0.2, -0.15) is 0 Å². The first kappa shape index (κ1) is 20.1. The predicted molar refractivity (Wildman–Crippen MR) is 110 cm³/mol. The molecule has 1 fully saturated rings. The van der Waals surface area contributed by atoms with Crippen LogP contribution in [-0.4, -0.2) is 57.6 Å². The van der Waals surface area contributed by atoms with Crippen molar-refractivity contribution in [3.05, 3.63) is 34.7 Å². The highest BCUT2D eigenvalue weighted by atomic mass is 79.9. The van der Waals surface area contributed by atoms with Crippen LogP contribution in [-0.2, 0) is 11.3 Å². The lowest BCUT2D eigenvalue weighted by atomic mass is 9.97. The highest BCUT2D eigenvalue weighted by molar-refractivity contribution is 9.10. The summed E-state index contributed by atoms with van der Waals surface area (Å²) in [5.41, 5.74) is 1.59. The number of imidazole rings is 1. The van der Waals surface area contributed by atoms with Crippen LogP contribution in [0.4, 0.5) is 4.79 Å². The van der Waals surface area contributed by atoms with Gasteiger partial charge in [-0.1, -0.05) is 0 Å². The molecular weight excluding hydrogens is 408 g/mol. The molecule has 27 heavy (non-hydrogen) atoms. The maximum absolute atomic E-state index is 12.2. The van der Waals surface area contributed by atoms with Crippen molar-refractivity contribution in [3.8, 4) is 0 Å². The molecule has 0 aliphatic carbocycles. The average molecular weight is 437 g/mol. The third-order valence-corrected chi connectivity index (χ3v) is 5.16. The topological polar surface area (TPSA) is 50.1 Å². The number of carbonyl (C=O) groups excluding carboxylic acids is 1. The third kappa shape index (κ3) is 5.69. The highest BCUT2D eigenvalue weighted by Gasteiger charge is 2.25. The lowest BCUT2D eigenvalue weighted by Gasteiger charge is -2.34. The van der Waals surface area contributed by atoms with Crippen molar-refractivity contribution in [2.75, 3.05) is 26.7 Å². The van der Waals surface area contributed by atoms with E-state index >= 15 is 0 Å². The van der Waals surface area contributed by atoms with E-state index in [2.05, 4.69) is 31.4 Å². The molecule has 0 aromatic carbocycles. The fraction of sp³-hybridized carbons (Fsp3) is 0.600. The summed E-state index contributed by atoms with van der Waals surface area (Å²) < 4.78 is 8.56. The molecule has 148 valence electrons. The number of halogens is 1. The van der Waals surface area contributed by atoms with Gasteiger partial charge in [0, 0.05) is 43.5 Å². The SMILES string of the molecule is CN(CC1CCCN(Cc2cn3cc(Br)ccc3n2)C1)C(=O)OC(C)(C)C. The van der Waals surface area contributed by atoms with Gasteiger partial charge in [-0.25, -0.2) is 9.78 Å². The van der Waals surface area contributed by atoms with Gasteiger partial charge in [0.15, 0.2) is 0 Å². The summed E-state index contributed by atoms with van der Waals surface area (Å²) in [6, 6.07) is 4.03. The van der Waals surface area contributed by atoms with Crippen LogP contribution in [0.3, 0.4) is 0 Å². The van der Waals surface area contributed by atoms with E-state index in [-0.39, 0.29) is 6.09 Å². The zero-order valence-corrected chi connectivity index (χ0v) is 18.2. The number of hydrogen-bond acceptors (Lipinski definition) is 4.